The molecule has 0 rings (SSSR count). The number of rotatable bonds is 6. The molecule has 0 fully saturated rings. The van der Waals surface area contributed by atoms with Crippen molar-refractivity contribution in [3.05, 3.63) is 0 Å². The molecule has 0 saturated carbocycles. The maximum absolute atomic E-state index is 11.7. The van der Waals surface area contributed by atoms with Crippen LogP contribution in [0.1, 0.15) is 26.7 Å². The Kier molecular flexibility index (Phi) is 7.01. The third-order valence-corrected chi connectivity index (χ3v) is 3.15. The molecule has 0 aromatic carbocycles. The highest BCUT2D eigenvalue weighted by atomic mass is 32.2. The smallest absolute Gasteiger partial charge is 0.239 e. The van der Waals surface area contributed by atoms with Gasteiger partial charge in [0.1, 0.15) is 0 Å². The molecule has 0 aliphatic carbocycles. The summed E-state index contributed by atoms with van der Waals surface area (Å²) in [7, 11) is 1.83. The number of nitrogens with zero attached hydrogens (tertiary/aromatic N) is 1. The quantitative estimate of drug-likeness (QED) is 0.731. The number of hydrogen-bond donors (Lipinski definition) is 1. The SMILES string of the molecule is CCC[C@H](N)C(=O)N(C)C(C)CSC. The van der Waals surface area contributed by atoms with Gasteiger partial charge in [-0.1, -0.05) is 13.3 Å². The van der Waals surface area contributed by atoms with Crippen LogP contribution in [0.4, 0.5) is 0 Å². The number of amides is 1. The van der Waals surface area contributed by atoms with Gasteiger partial charge in [0.2, 0.25) is 5.91 Å². The predicted octanol–water partition coefficient (Wildman–Crippen LogP) is 1.32. The molecule has 14 heavy (non-hydrogen) atoms. The van der Waals surface area contributed by atoms with Crippen LogP contribution in [0.3, 0.4) is 0 Å². The number of carbonyl (C=O) groups is 1. The van der Waals surface area contributed by atoms with E-state index in [2.05, 4.69) is 0 Å². The van der Waals surface area contributed by atoms with Crippen molar-refractivity contribution >= 4 is 17.7 Å². The topological polar surface area (TPSA) is 46.3 Å². The normalized spacial score (nSPS) is 14.9. The van der Waals surface area contributed by atoms with Crippen LogP contribution < -0.4 is 5.73 Å². The second-order valence-corrected chi connectivity index (χ2v) is 4.56. The van der Waals surface area contributed by atoms with E-state index in [0.717, 1.165) is 18.6 Å². The Hall–Kier alpha value is -0.220. The second-order valence-electron chi connectivity index (χ2n) is 3.65. The van der Waals surface area contributed by atoms with Crippen molar-refractivity contribution in [2.24, 2.45) is 5.73 Å². The minimum Gasteiger partial charge on any atom is -0.341 e. The summed E-state index contributed by atoms with van der Waals surface area (Å²) in [6, 6.07) is -0.0605. The van der Waals surface area contributed by atoms with Crippen LogP contribution in [0.25, 0.3) is 0 Å². The van der Waals surface area contributed by atoms with Gasteiger partial charge in [-0.15, -0.1) is 0 Å². The molecule has 3 nitrogen and oxygen atoms in total. The highest BCUT2D eigenvalue weighted by Crippen LogP contribution is 2.06. The van der Waals surface area contributed by atoms with E-state index < -0.39 is 0 Å². The lowest BCUT2D eigenvalue weighted by Gasteiger charge is -2.27. The maximum Gasteiger partial charge on any atom is 0.239 e. The van der Waals surface area contributed by atoms with Crippen LogP contribution in [-0.4, -0.2) is 41.9 Å². The summed E-state index contributed by atoms with van der Waals surface area (Å²) < 4.78 is 0. The number of likely N-dealkylation sites (N-methyl/N-ethyl adjacent to an activating group) is 1. The van der Waals surface area contributed by atoms with Crippen molar-refractivity contribution in [3.63, 3.8) is 0 Å². The number of nitrogens with two attached hydrogens (primary N) is 1. The van der Waals surface area contributed by atoms with Crippen molar-refractivity contribution in [2.75, 3.05) is 19.1 Å². The fourth-order valence-electron chi connectivity index (χ4n) is 1.27. The van der Waals surface area contributed by atoms with E-state index in [-0.39, 0.29) is 18.0 Å². The summed E-state index contributed by atoms with van der Waals surface area (Å²) >= 11 is 1.75. The minimum absolute atomic E-state index is 0.0633. The molecule has 0 aromatic rings. The molecule has 0 aromatic heterocycles. The highest BCUT2D eigenvalue weighted by molar-refractivity contribution is 7.98. The van der Waals surface area contributed by atoms with Gasteiger partial charge >= 0.3 is 0 Å². The van der Waals surface area contributed by atoms with E-state index in [1.54, 1.807) is 16.7 Å². The van der Waals surface area contributed by atoms with Crippen LogP contribution >= 0.6 is 11.8 Å². The zero-order chi connectivity index (χ0) is 11.1. The summed E-state index contributed by atoms with van der Waals surface area (Å²) in [5, 5.41) is 0. The Balaban J connectivity index is 4.09. The van der Waals surface area contributed by atoms with Gasteiger partial charge in [0, 0.05) is 18.8 Å². The van der Waals surface area contributed by atoms with Crippen molar-refractivity contribution in [1.82, 2.24) is 4.90 Å². The average molecular weight is 218 g/mol. The second kappa shape index (κ2) is 7.12. The number of thioether (sulfide) groups is 1. The molecule has 1 unspecified atom stereocenters. The third-order valence-electron chi connectivity index (χ3n) is 2.33. The van der Waals surface area contributed by atoms with Crippen LogP contribution in [-0.2, 0) is 4.79 Å². The lowest BCUT2D eigenvalue weighted by molar-refractivity contribution is -0.132. The fourth-order valence-corrected chi connectivity index (χ4v) is 1.97. The number of hydrogen-bond acceptors (Lipinski definition) is 3. The standard InChI is InChI=1S/C10H22N2OS/c1-5-6-9(11)10(13)12(3)8(2)7-14-4/h8-9H,5-7,11H2,1-4H3/t8?,9-/m0/s1. The van der Waals surface area contributed by atoms with Crippen molar-refractivity contribution in [1.29, 1.82) is 0 Å². The van der Waals surface area contributed by atoms with Crippen molar-refractivity contribution < 1.29 is 4.79 Å². The van der Waals surface area contributed by atoms with E-state index in [1.165, 1.54) is 0 Å². The van der Waals surface area contributed by atoms with E-state index in [0.29, 0.717) is 0 Å². The molecule has 1 amide bonds. The van der Waals surface area contributed by atoms with Crippen molar-refractivity contribution in [2.45, 2.75) is 38.8 Å². The predicted molar refractivity (Wildman–Crippen MR) is 63.5 cm³/mol. The van der Waals surface area contributed by atoms with Crippen LogP contribution in [0, 0.1) is 0 Å². The molecule has 0 aliphatic rings. The lowest BCUT2D eigenvalue weighted by atomic mass is 10.1. The van der Waals surface area contributed by atoms with Gasteiger partial charge in [0.15, 0.2) is 0 Å². The molecule has 4 heteroatoms. The Morgan fingerprint density at radius 2 is 2.14 bits per heavy atom. The summed E-state index contributed by atoms with van der Waals surface area (Å²) in [5.74, 6) is 1.02. The monoisotopic (exact) mass is 218 g/mol. The minimum atomic E-state index is -0.325. The fraction of sp³-hybridized carbons (Fsp3) is 0.900. The van der Waals surface area contributed by atoms with Crippen molar-refractivity contribution in [3.8, 4) is 0 Å². The Labute approximate surface area is 91.4 Å². The molecular weight excluding hydrogens is 196 g/mol. The molecule has 0 spiro atoms. The Morgan fingerprint density at radius 3 is 2.57 bits per heavy atom. The van der Waals surface area contributed by atoms with E-state index in [4.69, 9.17) is 5.73 Å². The van der Waals surface area contributed by atoms with Crippen LogP contribution in [0.5, 0.6) is 0 Å². The molecule has 0 aliphatic heterocycles. The Morgan fingerprint density at radius 1 is 1.57 bits per heavy atom. The summed E-state index contributed by atoms with van der Waals surface area (Å²) in [5.41, 5.74) is 5.76. The average Bonchev–Trinajstić information content (AvgIpc) is 2.16. The first kappa shape index (κ1) is 13.8. The van der Waals surface area contributed by atoms with Gasteiger partial charge < -0.3 is 10.6 Å². The van der Waals surface area contributed by atoms with E-state index in [9.17, 15) is 4.79 Å². The van der Waals surface area contributed by atoms with Gasteiger partial charge in [0.25, 0.3) is 0 Å². The van der Waals surface area contributed by atoms with E-state index >= 15 is 0 Å². The molecular formula is C10H22N2OS. The first-order chi connectivity index (χ1) is 6.54. The summed E-state index contributed by atoms with van der Waals surface area (Å²) in [6.07, 6.45) is 3.77. The molecule has 0 bridgehead atoms. The highest BCUT2D eigenvalue weighted by Gasteiger charge is 2.20. The molecule has 0 heterocycles. The lowest BCUT2D eigenvalue weighted by Crippen LogP contribution is -2.46. The van der Waals surface area contributed by atoms with Gasteiger partial charge in [-0.05, 0) is 19.6 Å². The first-order valence-electron chi connectivity index (χ1n) is 5.05. The first-order valence-corrected chi connectivity index (χ1v) is 6.45. The Bertz CT molecular complexity index is 176. The van der Waals surface area contributed by atoms with E-state index in [1.807, 2.05) is 27.2 Å². The van der Waals surface area contributed by atoms with Crippen LogP contribution in [0.2, 0.25) is 0 Å². The molecule has 84 valence electrons. The van der Waals surface area contributed by atoms with Gasteiger partial charge in [-0.25, -0.2) is 0 Å². The summed E-state index contributed by atoms with van der Waals surface area (Å²) in [6.45, 7) is 4.09. The van der Waals surface area contributed by atoms with Gasteiger partial charge in [-0.2, -0.15) is 11.8 Å². The van der Waals surface area contributed by atoms with Gasteiger partial charge in [0.05, 0.1) is 6.04 Å². The zero-order valence-electron chi connectivity index (χ0n) is 9.62. The third kappa shape index (κ3) is 4.33. The number of carbonyl (C=O) groups excluding carboxylic acids is 1. The maximum atomic E-state index is 11.7. The molecule has 0 saturated heterocycles. The zero-order valence-corrected chi connectivity index (χ0v) is 10.4. The molecule has 0 radical (unpaired) electrons. The largest absolute Gasteiger partial charge is 0.341 e. The van der Waals surface area contributed by atoms with Crippen LogP contribution in [0.15, 0.2) is 0 Å². The molecule has 2 N–H and O–H groups in total. The summed E-state index contributed by atoms with van der Waals surface area (Å²) in [4.78, 5) is 13.5. The molecule has 2 atom stereocenters. The van der Waals surface area contributed by atoms with Gasteiger partial charge in [-0.3, -0.25) is 4.79 Å².